The van der Waals surface area contributed by atoms with E-state index in [1.54, 1.807) is 56.4 Å². The number of carbonyl (C=O) groups is 2. The molecule has 0 aliphatic carbocycles. The highest BCUT2D eigenvalue weighted by molar-refractivity contribution is 6.34. The van der Waals surface area contributed by atoms with Crippen LogP contribution in [-0.4, -0.2) is 32.2 Å². The molecule has 1 amide bonds. The van der Waals surface area contributed by atoms with Gasteiger partial charge in [0, 0.05) is 26.7 Å². The average Bonchev–Trinajstić information content (AvgIpc) is 2.74. The van der Waals surface area contributed by atoms with Gasteiger partial charge in [-0.1, -0.05) is 48.0 Å². The Bertz CT molecular complexity index is 1290. The molecule has 0 fully saturated rings. The fourth-order valence-electron chi connectivity index (χ4n) is 3.41. The zero-order chi connectivity index (χ0) is 23.6. The predicted molar refractivity (Wildman–Crippen MR) is 121 cm³/mol. The molecule has 1 heterocycles. The Morgan fingerprint density at radius 1 is 1.09 bits per heavy atom. The lowest BCUT2D eigenvalue weighted by atomic mass is 10.0. The predicted octanol–water partition coefficient (Wildman–Crippen LogP) is 2.14. The van der Waals surface area contributed by atoms with Crippen molar-refractivity contribution >= 4 is 23.5 Å². The van der Waals surface area contributed by atoms with Crippen LogP contribution in [0.3, 0.4) is 0 Å². The third-order valence-electron chi connectivity index (χ3n) is 5.20. The molecule has 1 aromatic heterocycles. The molecule has 8 nitrogen and oxygen atoms in total. The van der Waals surface area contributed by atoms with E-state index in [2.05, 4.69) is 5.32 Å². The van der Waals surface area contributed by atoms with Crippen molar-refractivity contribution in [3.05, 3.63) is 91.2 Å². The topological polar surface area (TPSA) is 110 Å². The minimum absolute atomic E-state index is 0.0378. The fraction of sp³-hybridized carbons (Fsp3) is 0.217. The molecule has 3 rings (SSSR count). The zero-order valence-corrected chi connectivity index (χ0v) is 18.5. The molecule has 9 heteroatoms. The minimum Gasteiger partial charge on any atom is -0.480 e. The van der Waals surface area contributed by atoms with Crippen LogP contribution in [0.15, 0.2) is 58.3 Å². The number of aryl methyl sites for hydroxylation is 2. The first kappa shape index (κ1) is 23.0. The highest BCUT2D eigenvalue weighted by Crippen LogP contribution is 2.20. The molecule has 0 spiro atoms. The van der Waals surface area contributed by atoms with Crippen LogP contribution >= 0.6 is 11.6 Å². The van der Waals surface area contributed by atoms with Crippen LogP contribution in [0.2, 0.25) is 5.02 Å². The summed E-state index contributed by atoms with van der Waals surface area (Å²) in [7, 11) is 2.96. The molecule has 32 heavy (non-hydrogen) atoms. The third-order valence-corrected chi connectivity index (χ3v) is 5.52. The SMILES string of the molecule is Cc1cccc(Cl)c1C(=O)NC(Cc1ccc(-c2cn(C)c(=O)n(C)c2=O)cc1)C(=O)O. The van der Waals surface area contributed by atoms with Crippen molar-refractivity contribution < 1.29 is 14.7 Å². The van der Waals surface area contributed by atoms with Crippen molar-refractivity contribution in [2.45, 2.75) is 19.4 Å². The second kappa shape index (κ2) is 9.23. The largest absolute Gasteiger partial charge is 0.480 e. The number of nitrogens with zero attached hydrogens (tertiary/aromatic N) is 2. The summed E-state index contributed by atoms with van der Waals surface area (Å²) in [6, 6.07) is 10.6. The summed E-state index contributed by atoms with van der Waals surface area (Å²) >= 11 is 6.11. The van der Waals surface area contributed by atoms with Gasteiger partial charge in [0.25, 0.3) is 11.5 Å². The highest BCUT2D eigenvalue weighted by Gasteiger charge is 2.23. The molecule has 1 atom stereocenters. The number of nitrogens with one attached hydrogen (secondary N) is 1. The number of aliphatic carboxylic acids is 1. The molecule has 2 N–H and O–H groups in total. The van der Waals surface area contributed by atoms with Gasteiger partial charge in [0.05, 0.1) is 16.1 Å². The van der Waals surface area contributed by atoms with Crippen LogP contribution in [0, 0.1) is 6.92 Å². The fourth-order valence-corrected chi connectivity index (χ4v) is 3.72. The molecule has 0 bridgehead atoms. The van der Waals surface area contributed by atoms with Gasteiger partial charge in [0.2, 0.25) is 0 Å². The van der Waals surface area contributed by atoms with Crippen LogP contribution in [0.25, 0.3) is 11.1 Å². The van der Waals surface area contributed by atoms with Crippen molar-refractivity contribution in [3.63, 3.8) is 0 Å². The highest BCUT2D eigenvalue weighted by atomic mass is 35.5. The number of aromatic nitrogens is 2. The summed E-state index contributed by atoms with van der Waals surface area (Å²) in [5.74, 6) is -1.75. The number of hydrogen-bond acceptors (Lipinski definition) is 4. The Hall–Kier alpha value is -3.65. The van der Waals surface area contributed by atoms with E-state index in [-0.39, 0.29) is 17.0 Å². The molecule has 3 aromatic rings. The quantitative estimate of drug-likeness (QED) is 0.591. The van der Waals surface area contributed by atoms with E-state index < -0.39 is 29.2 Å². The van der Waals surface area contributed by atoms with Crippen molar-refractivity contribution in [1.82, 2.24) is 14.5 Å². The number of rotatable bonds is 6. The van der Waals surface area contributed by atoms with Crippen molar-refractivity contribution in [1.29, 1.82) is 0 Å². The summed E-state index contributed by atoms with van der Waals surface area (Å²) < 4.78 is 2.34. The number of carboxylic acid groups (broad SMARTS) is 1. The number of benzene rings is 2. The van der Waals surface area contributed by atoms with Crippen LogP contribution in [0.1, 0.15) is 21.5 Å². The minimum atomic E-state index is -1.18. The Labute approximate surface area is 188 Å². The van der Waals surface area contributed by atoms with Gasteiger partial charge in [-0.3, -0.25) is 14.2 Å². The summed E-state index contributed by atoms with van der Waals surface area (Å²) in [5.41, 5.74) is 1.62. The summed E-state index contributed by atoms with van der Waals surface area (Å²) in [6.07, 6.45) is 1.50. The van der Waals surface area contributed by atoms with E-state index in [0.29, 0.717) is 22.3 Å². The van der Waals surface area contributed by atoms with Crippen LogP contribution in [0.5, 0.6) is 0 Å². The monoisotopic (exact) mass is 455 g/mol. The summed E-state index contributed by atoms with van der Waals surface area (Å²) in [6.45, 7) is 1.72. The molecule has 2 aromatic carbocycles. The number of carbonyl (C=O) groups excluding carboxylic acids is 1. The molecule has 166 valence electrons. The molecule has 0 aliphatic rings. The zero-order valence-electron chi connectivity index (χ0n) is 17.8. The molecule has 1 unspecified atom stereocenters. The third kappa shape index (κ3) is 4.65. The maximum Gasteiger partial charge on any atom is 0.330 e. The van der Waals surface area contributed by atoms with E-state index in [1.165, 1.54) is 17.8 Å². The van der Waals surface area contributed by atoms with Gasteiger partial charge in [-0.25, -0.2) is 9.59 Å². The van der Waals surface area contributed by atoms with Crippen molar-refractivity contribution in [2.24, 2.45) is 14.1 Å². The van der Waals surface area contributed by atoms with E-state index in [1.807, 2.05) is 0 Å². The maximum absolute atomic E-state index is 12.6. The molecule has 0 radical (unpaired) electrons. The van der Waals surface area contributed by atoms with E-state index in [0.717, 1.165) is 4.57 Å². The van der Waals surface area contributed by atoms with Gasteiger partial charge in [-0.15, -0.1) is 0 Å². The van der Waals surface area contributed by atoms with Crippen molar-refractivity contribution in [2.75, 3.05) is 0 Å². The second-order valence-corrected chi connectivity index (χ2v) is 7.90. The first-order chi connectivity index (χ1) is 15.1. The van der Waals surface area contributed by atoms with Crippen LogP contribution in [0.4, 0.5) is 0 Å². The molecular weight excluding hydrogens is 434 g/mol. The average molecular weight is 456 g/mol. The normalized spacial score (nSPS) is 11.8. The Kier molecular flexibility index (Phi) is 6.64. The Morgan fingerprint density at radius 3 is 2.34 bits per heavy atom. The summed E-state index contributed by atoms with van der Waals surface area (Å²) in [5, 5.41) is 12.4. The second-order valence-electron chi connectivity index (χ2n) is 7.50. The smallest absolute Gasteiger partial charge is 0.330 e. The Balaban J connectivity index is 1.83. The van der Waals surface area contributed by atoms with Gasteiger partial charge in [-0.2, -0.15) is 0 Å². The number of amides is 1. The van der Waals surface area contributed by atoms with Crippen LogP contribution < -0.4 is 16.6 Å². The lowest BCUT2D eigenvalue weighted by molar-refractivity contribution is -0.139. The molecule has 0 aliphatic heterocycles. The van der Waals surface area contributed by atoms with E-state index in [4.69, 9.17) is 11.6 Å². The number of halogens is 1. The lowest BCUT2D eigenvalue weighted by Crippen LogP contribution is -2.42. The molecule has 0 saturated carbocycles. The van der Waals surface area contributed by atoms with Gasteiger partial charge >= 0.3 is 11.7 Å². The Morgan fingerprint density at radius 2 is 1.75 bits per heavy atom. The number of carboxylic acids is 1. The van der Waals surface area contributed by atoms with Crippen LogP contribution in [-0.2, 0) is 25.3 Å². The van der Waals surface area contributed by atoms with E-state index >= 15 is 0 Å². The van der Waals surface area contributed by atoms with Gasteiger partial charge in [0.15, 0.2) is 0 Å². The van der Waals surface area contributed by atoms with Gasteiger partial charge in [-0.05, 0) is 29.7 Å². The standard InChI is InChI=1S/C23H22ClN3O5/c1-13-5-4-6-17(24)19(13)20(28)25-18(22(30)31)11-14-7-9-15(10-8-14)16-12-26(2)23(32)27(3)21(16)29/h4-10,12,18H,11H2,1-3H3,(H,25,28)(H,30,31). The first-order valence-electron chi connectivity index (χ1n) is 9.75. The summed E-state index contributed by atoms with van der Waals surface area (Å²) in [4.78, 5) is 48.7. The first-order valence-corrected chi connectivity index (χ1v) is 10.1. The van der Waals surface area contributed by atoms with Crippen molar-refractivity contribution in [3.8, 4) is 11.1 Å². The molecular formula is C23H22ClN3O5. The molecule has 0 saturated heterocycles. The maximum atomic E-state index is 12.6. The van der Waals surface area contributed by atoms with Gasteiger partial charge in [0.1, 0.15) is 6.04 Å². The lowest BCUT2D eigenvalue weighted by Gasteiger charge is -2.16. The number of hydrogen-bond donors (Lipinski definition) is 2. The van der Waals surface area contributed by atoms with E-state index in [9.17, 15) is 24.3 Å². The van der Waals surface area contributed by atoms with Gasteiger partial charge < -0.3 is 15.0 Å².